The lowest BCUT2D eigenvalue weighted by Gasteiger charge is -2.34. The molecule has 0 saturated carbocycles. The minimum Gasteiger partial charge on any atom is -0.255 e. The lowest BCUT2D eigenvalue weighted by Crippen LogP contribution is -2.28. The summed E-state index contributed by atoms with van der Waals surface area (Å²) in [5.74, 6) is 0. The maximum Gasteiger partial charge on any atom is 0.0900 e. The van der Waals surface area contributed by atoms with Crippen LogP contribution in [0.3, 0.4) is 0 Å². The molecule has 1 aliphatic carbocycles. The van der Waals surface area contributed by atoms with E-state index in [2.05, 4.69) is 193 Å². The van der Waals surface area contributed by atoms with Gasteiger partial charge in [-0.2, -0.15) is 0 Å². The van der Waals surface area contributed by atoms with Crippen LogP contribution in [-0.2, 0) is 5.41 Å². The molecule has 266 valence electrons. The monoisotopic (exact) mass is 724 g/mol. The number of rotatable bonds is 6. The van der Waals surface area contributed by atoms with Gasteiger partial charge in [-0.3, -0.25) is 4.98 Å². The van der Waals surface area contributed by atoms with E-state index in [0.717, 1.165) is 33.4 Å². The highest BCUT2D eigenvalue weighted by Gasteiger charge is 2.46. The van der Waals surface area contributed by atoms with Gasteiger partial charge in [-0.05, 0) is 108 Å². The van der Waals surface area contributed by atoms with Crippen molar-refractivity contribution in [1.29, 1.82) is 0 Å². The van der Waals surface area contributed by atoms with Crippen LogP contribution in [0.15, 0.2) is 219 Å². The van der Waals surface area contributed by atoms with E-state index in [1.54, 1.807) is 0 Å². The molecule has 0 radical (unpaired) electrons. The van der Waals surface area contributed by atoms with Crippen LogP contribution in [0, 0.1) is 0 Å². The van der Waals surface area contributed by atoms with Crippen molar-refractivity contribution < 1.29 is 0 Å². The molecule has 0 bridgehead atoms. The predicted octanol–water partition coefficient (Wildman–Crippen LogP) is 13.8. The topological polar surface area (TPSA) is 25.8 Å². The highest BCUT2D eigenvalue weighted by Crippen LogP contribution is 2.57. The number of aromatic nitrogens is 2. The van der Waals surface area contributed by atoms with Crippen molar-refractivity contribution in [3.8, 4) is 55.9 Å². The molecule has 1 aliphatic rings. The van der Waals surface area contributed by atoms with Gasteiger partial charge in [-0.25, -0.2) is 4.98 Å². The van der Waals surface area contributed by atoms with Gasteiger partial charge in [-0.1, -0.05) is 182 Å². The molecule has 0 amide bonds. The molecule has 2 heteroatoms. The largest absolute Gasteiger partial charge is 0.255 e. The molecule has 0 saturated heterocycles. The highest BCUT2D eigenvalue weighted by atomic mass is 14.8. The molecule has 2 nitrogen and oxygen atoms in total. The Morgan fingerprint density at radius 3 is 1.53 bits per heavy atom. The third kappa shape index (κ3) is 5.26. The van der Waals surface area contributed by atoms with Gasteiger partial charge in [0, 0.05) is 11.6 Å². The van der Waals surface area contributed by atoms with Crippen molar-refractivity contribution in [2.75, 3.05) is 0 Å². The van der Waals surface area contributed by atoms with Gasteiger partial charge in [0.1, 0.15) is 0 Å². The molecule has 2 aromatic heterocycles. The van der Waals surface area contributed by atoms with Gasteiger partial charge in [0.25, 0.3) is 0 Å². The first-order valence-corrected chi connectivity index (χ1v) is 19.6. The second-order valence-corrected chi connectivity index (χ2v) is 14.9. The third-order valence-corrected chi connectivity index (χ3v) is 11.8. The second-order valence-electron chi connectivity index (χ2n) is 14.9. The van der Waals surface area contributed by atoms with Crippen molar-refractivity contribution in [3.05, 3.63) is 241 Å². The lowest BCUT2D eigenvalue weighted by molar-refractivity contribution is 0.769. The fourth-order valence-electron chi connectivity index (χ4n) is 9.30. The summed E-state index contributed by atoms with van der Waals surface area (Å²) >= 11 is 0. The molecule has 0 spiro atoms. The predicted molar refractivity (Wildman–Crippen MR) is 236 cm³/mol. The van der Waals surface area contributed by atoms with E-state index in [0.29, 0.717) is 0 Å². The molecule has 11 rings (SSSR count). The lowest BCUT2D eigenvalue weighted by atomic mass is 9.67. The standard InChI is InChI=1S/C55H36N2/c1-3-15-40(16-4-1)55(41-17-5-2-6-18-41)50-23-11-9-21-46(50)47-31-30-39(35-51(47)55)43-33-32-42(44-19-7-8-20-45(43)44)37-26-28-38(29-27-37)49-36-54(53-25-13-14-34-56-53)57-52-24-12-10-22-48(49)52/h1-36H. The molecule has 0 aliphatic heterocycles. The van der Waals surface area contributed by atoms with Crippen molar-refractivity contribution in [2.24, 2.45) is 0 Å². The van der Waals surface area contributed by atoms with Gasteiger partial charge in [0.15, 0.2) is 0 Å². The van der Waals surface area contributed by atoms with Gasteiger partial charge in [-0.15, -0.1) is 0 Å². The van der Waals surface area contributed by atoms with Crippen molar-refractivity contribution in [3.63, 3.8) is 0 Å². The summed E-state index contributed by atoms with van der Waals surface area (Å²) < 4.78 is 0. The molecule has 0 fully saturated rings. The van der Waals surface area contributed by atoms with Gasteiger partial charge < -0.3 is 0 Å². The number of fused-ring (bicyclic) bond motifs is 5. The minimum absolute atomic E-state index is 0.444. The van der Waals surface area contributed by atoms with E-state index < -0.39 is 5.41 Å². The van der Waals surface area contributed by atoms with Gasteiger partial charge in [0.2, 0.25) is 0 Å². The highest BCUT2D eigenvalue weighted by molar-refractivity contribution is 6.06. The Bertz CT molecular complexity index is 3060. The first kappa shape index (κ1) is 33.0. The van der Waals surface area contributed by atoms with Crippen LogP contribution in [0.4, 0.5) is 0 Å². The fraction of sp³-hybridized carbons (Fsp3) is 0.0182. The van der Waals surface area contributed by atoms with Crippen molar-refractivity contribution >= 4 is 21.7 Å². The summed E-state index contributed by atoms with van der Waals surface area (Å²) in [5, 5.41) is 3.59. The number of pyridine rings is 2. The average molecular weight is 725 g/mol. The van der Waals surface area contributed by atoms with E-state index in [4.69, 9.17) is 4.98 Å². The summed E-state index contributed by atoms with van der Waals surface area (Å²) in [6.07, 6.45) is 1.82. The van der Waals surface area contributed by atoms with E-state index >= 15 is 0 Å². The van der Waals surface area contributed by atoms with Crippen LogP contribution in [0.5, 0.6) is 0 Å². The molecule has 0 unspecified atom stereocenters. The maximum atomic E-state index is 4.97. The number of nitrogens with zero attached hydrogens (tertiary/aromatic N) is 2. The number of hydrogen-bond donors (Lipinski definition) is 0. The first-order valence-electron chi connectivity index (χ1n) is 19.6. The molecule has 2 heterocycles. The Balaban J connectivity index is 1.04. The third-order valence-electron chi connectivity index (χ3n) is 11.8. The maximum absolute atomic E-state index is 4.97. The van der Waals surface area contributed by atoms with E-state index in [-0.39, 0.29) is 0 Å². The smallest absolute Gasteiger partial charge is 0.0900 e. The summed E-state index contributed by atoms with van der Waals surface area (Å²) in [6, 6.07) is 77.1. The van der Waals surface area contributed by atoms with Crippen LogP contribution in [0.1, 0.15) is 22.3 Å². The Labute approximate surface area is 332 Å². The van der Waals surface area contributed by atoms with Gasteiger partial charge >= 0.3 is 0 Å². The quantitative estimate of drug-likeness (QED) is 0.171. The summed E-state index contributed by atoms with van der Waals surface area (Å²) in [6.45, 7) is 0. The van der Waals surface area contributed by atoms with Crippen LogP contribution in [0.25, 0.3) is 77.6 Å². The Kier molecular flexibility index (Phi) is 7.75. The van der Waals surface area contributed by atoms with E-state index in [1.165, 1.54) is 66.4 Å². The Hall–Kier alpha value is -7.42. The first-order chi connectivity index (χ1) is 28.3. The summed E-state index contributed by atoms with van der Waals surface area (Å²) in [4.78, 5) is 9.57. The summed E-state index contributed by atoms with van der Waals surface area (Å²) in [7, 11) is 0. The van der Waals surface area contributed by atoms with E-state index in [1.807, 2.05) is 30.5 Å². The molecular formula is C55H36N2. The van der Waals surface area contributed by atoms with Crippen LogP contribution in [-0.4, -0.2) is 9.97 Å². The number of hydrogen-bond acceptors (Lipinski definition) is 2. The second kappa shape index (κ2) is 13.4. The molecule has 8 aromatic carbocycles. The molecule has 0 atom stereocenters. The Morgan fingerprint density at radius 1 is 0.316 bits per heavy atom. The normalized spacial score (nSPS) is 12.7. The molecule has 57 heavy (non-hydrogen) atoms. The van der Waals surface area contributed by atoms with E-state index in [9.17, 15) is 0 Å². The Morgan fingerprint density at radius 2 is 0.842 bits per heavy atom. The van der Waals surface area contributed by atoms with Crippen molar-refractivity contribution in [2.45, 2.75) is 5.41 Å². The zero-order chi connectivity index (χ0) is 37.8. The minimum atomic E-state index is -0.444. The van der Waals surface area contributed by atoms with Crippen LogP contribution in [0.2, 0.25) is 0 Å². The zero-order valence-corrected chi connectivity index (χ0v) is 31.2. The molecular weight excluding hydrogens is 689 g/mol. The van der Waals surface area contributed by atoms with Crippen LogP contribution < -0.4 is 0 Å². The average Bonchev–Trinajstić information content (AvgIpc) is 3.59. The fourth-order valence-corrected chi connectivity index (χ4v) is 9.30. The number of para-hydroxylation sites is 1. The SMILES string of the molecule is c1ccc(C2(c3ccccc3)c3ccccc3-c3ccc(-c4ccc(-c5ccc(-c6cc(-c7ccccn7)nc7ccccc67)cc5)c5ccccc45)cc32)cc1. The zero-order valence-electron chi connectivity index (χ0n) is 31.2. The molecule has 0 N–H and O–H groups in total. The van der Waals surface area contributed by atoms with Crippen molar-refractivity contribution in [1.82, 2.24) is 9.97 Å². The summed E-state index contributed by atoms with van der Waals surface area (Å²) in [5.41, 5.74) is 17.2. The number of benzene rings is 8. The van der Waals surface area contributed by atoms with Crippen LogP contribution >= 0.6 is 0 Å². The van der Waals surface area contributed by atoms with Gasteiger partial charge in [0.05, 0.1) is 22.3 Å². The molecule has 10 aromatic rings.